The second-order valence-electron chi connectivity index (χ2n) is 10.3. The maximum Gasteiger partial charge on any atom is 0.405 e. The molecule has 4 unspecified atom stereocenters. The first kappa shape index (κ1) is 29.2. The molecule has 3 amide bonds. The number of carbonyl (C=O) groups excluding carboxylic acids is 2. The molecule has 0 radical (unpaired) electrons. The van der Waals surface area contributed by atoms with Gasteiger partial charge in [0.25, 0.3) is 5.91 Å². The van der Waals surface area contributed by atoms with E-state index in [0.29, 0.717) is 29.6 Å². The number of hydrogen-bond donors (Lipinski definition) is 2. The summed E-state index contributed by atoms with van der Waals surface area (Å²) in [6.45, 7) is 4.59. The Balaban J connectivity index is 1.63. The minimum atomic E-state index is -1.42. The molecule has 4 rings (SSSR count). The number of halogens is 1. The number of amides is 3. The molecule has 2 heterocycles. The second-order valence-corrected chi connectivity index (χ2v) is 10.3. The van der Waals surface area contributed by atoms with Crippen LogP contribution in [0.1, 0.15) is 63.7 Å². The Labute approximate surface area is 232 Å². The fourth-order valence-electron chi connectivity index (χ4n) is 5.30. The summed E-state index contributed by atoms with van der Waals surface area (Å²) in [5.74, 6) is -0.431. The van der Waals surface area contributed by atoms with Gasteiger partial charge < -0.3 is 24.8 Å². The standard InChI is InChI=1S/C28H36FN5O6/c1-4-18-22(15-34(25(18)26(36)30-2)23(35)14-31-28(37)38)40-27-24(19(29)8-6-5-7-16-9-10-16)32-20-12-11-17(39-3)13-21(20)33-27/h11-13,16,18-19,22,25,31H,2,4-10,14-15H2,1,3H3,(H,37,38). The Morgan fingerprint density at radius 3 is 2.67 bits per heavy atom. The number of nitrogens with zero attached hydrogens (tertiary/aromatic N) is 4. The van der Waals surface area contributed by atoms with Gasteiger partial charge >= 0.3 is 6.09 Å². The number of aromatic nitrogens is 2. The maximum absolute atomic E-state index is 15.7. The molecule has 1 aromatic heterocycles. The maximum atomic E-state index is 15.7. The summed E-state index contributed by atoms with van der Waals surface area (Å²) in [6.07, 6.45) is 2.45. The molecule has 216 valence electrons. The number of fused-ring (bicyclic) bond motifs is 1. The number of alkyl halides is 1. The average Bonchev–Trinajstić information content (AvgIpc) is 3.71. The van der Waals surface area contributed by atoms with Gasteiger partial charge in [-0.2, -0.15) is 0 Å². The number of unbranched alkanes of at least 4 members (excludes halogenated alkanes) is 1. The van der Waals surface area contributed by atoms with Gasteiger partial charge in [-0.05, 0) is 37.6 Å². The van der Waals surface area contributed by atoms with E-state index in [4.69, 9.17) is 14.6 Å². The van der Waals surface area contributed by atoms with Crippen LogP contribution in [0.25, 0.3) is 11.0 Å². The van der Waals surface area contributed by atoms with Crippen molar-refractivity contribution >= 4 is 35.7 Å². The van der Waals surface area contributed by atoms with Crippen LogP contribution in [0.4, 0.5) is 9.18 Å². The predicted octanol–water partition coefficient (Wildman–Crippen LogP) is 4.10. The molecule has 40 heavy (non-hydrogen) atoms. The minimum absolute atomic E-state index is 0.00498. The lowest BCUT2D eigenvalue weighted by molar-refractivity contribution is -0.137. The van der Waals surface area contributed by atoms with Crippen LogP contribution in [-0.4, -0.2) is 76.9 Å². The predicted molar refractivity (Wildman–Crippen MR) is 145 cm³/mol. The highest BCUT2D eigenvalue weighted by Crippen LogP contribution is 2.38. The Kier molecular flexibility index (Phi) is 9.49. The van der Waals surface area contributed by atoms with Crippen molar-refractivity contribution in [3.63, 3.8) is 0 Å². The summed E-state index contributed by atoms with van der Waals surface area (Å²) in [5.41, 5.74) is 1.01. The molecule has 2 aromatic rings. The SMILES string of the molecule is C=NC(=O)C1C(CC)C(Oc2nc3cc(OC)ccc3nc2C(F)CCCCC2CC2)CN1C(=O)CNC(=O)O. The first-order chi connectivity index (χ1) is 19.2. The van der Waals surface area contributed by atoms with Gasteiger partial charge in [-0.25, -0.2) is 24.1 Å². The van der Waals surface area contributed by atoms with Crippen LogP contribution < -0.4 is 14.8 Å². The zero-order chi connectivity index (χ0) is 28.8. The number of carboxylic acid groups (broad SMARTS) is 1. The summed E-state index contributed by atoms with van der Waals surface area (Å²) >= 11 is 0. The van der Waals surface area contributed by atoms with Gasteiger partial charge in [-0.1, -0.05) is 39.0 Å². The number of aliphatic imine (C=N–C) groups is 1. The largest absolute Gasteiger partial charge is 0.497 e. The highest BCUT2D eigenvalue weighted by molar-refractivity contribution is 5.92. The molecule has 1 aromatic carbocycles. The number of benzene rings is 1. The van der Waals surface area contributed by atoms with E-state index in [9.17, 15) is 14.4 Å². The Bertz CT molecular complexity index is 1260. The molecule has 1 aliphatic heterocycles. The van der Waals surface area contributed by atoms with Crippen molar-refractivity contribution in [2.75, 3.05) is 20.2 Å². The summed E-state index contributed by atoms with van der Waals surface area (Å²) in [6, 6.07) is 4.10. The molecule has 0 bridgehead atoms. The fraction of sp³-hybridized carbons (Fsp3) is 0.571. The number of nitrogens with one attached hydrogen (secondary N) is 1. The van der Waals surface area contributed by atoms with Gasteiger partial charge in [-0.15, -0.1) is 0 Å². The van der Waals surface area contributed by atoms with Crippen LogP contribution in [0, 0.1) is 11.8 Å². The Morgan fingerprint density at radius 2 is 2.02 bits per heavy atom. The molecular weight excluding hydrogens is 521 g/mol. The molecule has 4 atom stereocenters. The van der Waals surface area contributed by atoms with Crippen molar-refractivity contribution in [1.82, 2.24) is 20.2 Å². The molecule has 1 saturated heterocycles. The number of methoxy groups -OCH3 is 1. The topological polar surface area (TPSA) is 143 Å². The van der Waals surface area contributed by atoms with E-state index >= 15 is 4.39 Å². The molecular formula is C28H36FN5O6. The molecule has 1 saturated carbocycles. The molecule has 0 spiro atoms. The smallest absolute Gasteiger partial charge is 0.405 e. The van der Waals surface area contributed by atoms with Crippen molar-refractivity contribution in [3.8, 4) is 11.6 Å². The van der Waals surface area contributed by atoms with E-state index in [-0.39, 0.29) is 24.5 Å². The van der Waals surface area contributed by atoms with Crippen LogP contribution >= 0.6 is 0 Å². The molecule has 2 N–H and O–H groups in total. The van der Waals surface area contributed by atoms with Gasteiger partial charge in [0, 0.05) is 12.0 Å². The van der Waals surface area contributed by atoms with Crippen molar-refractivity contribution in [3.05, 3.63) is 23.9 Å². The summed E-state index contributed by atoms with van der Waals surface area (Å²) in [5, 5.41) is 11.0. The van der Waals surface area contributed by atoms with E-state index in [1.165, 1.54) is 24.9 Å². The first-order valence-electron chi connectivity index (χ1n) is 13.7. The van der Waals surface area contributed by atoms with Crippen LogP contribution in [0.5, 0.6) is 11.6 Å². The quantitative estimate of drug-likeness (QED) is 0.277. The van der Waals surface area contributed by atoms with E-state index in [1.807, 2.05) is 12.2 Å². The number of carbonyl (C=O) groups is 3. The van der Waals surface area contributed by atoms with Crippen LogP contribution in [-0.2, 0) is 9.59 Å². The summed E-state index contributed by atoms with van der Waals surface area (Å²) < 4.78 is 27.3. The second kappa shape index (κ2) is 13.0. The van der Waals surface area contributed by atoms with E-state index in [2.05, 4.69) is 21.7 Å². The molecule has 2 aliphatic rings. The summed E-state index contributed by atoms with van der Waals surface area (Å²) in [7, 11) is 1.53. The normalized spacial score (nSPS) is 21.2. The van der Waals surface area contributed by atoms with Gasteiger partial charge in [0.2, 0.25) is 11.8 Å². The lowest BCUT2D eigenvalue weighted by atomic mass is 9.94. The highest BCUT2D eigenvalue weighted by atomic mass is 19.1. The zero-order valence-electron chi connectivity index (χ0n) is 22.8. The molecule has 12 heteroatoms. The third-order valence-corrected chi connectivity index (χ3v) is 7.63. The summed E-state index contributed by atoms with van der Waals surface area (Å²) in [4.78, 5) is 50.5. The molecule has 11 nitrogen and oxygen atoms in total. The number of ether oxygens (including phenoxy) is 2. The fourth-order valence-corrected chi connectivity index (χ4v) is 5.30. The van der Waals surface area contributed by atoms with E-state index < -0.39 is 48.7 Å². The van der Waals surface area contributed by atoms with Gasteiger partial charge in [0.15, 0.2) is 0 Å². The zero-order valence-corrected chi connectivity index (χ0v) is 22.8. The Hall–Kier alpha value is -3.83. The van der Waals surface area contributed by atoms with Crippen molar-refractivity contribution in [2.24, 2.45) is 16.8 Å². The lowest BCUT2D eigenvalue weighted by Crippen LogP contribution is -2.46. The van der Waals surface area contributed by atoms with Crippen LogP contribution in [0.15, 0.2) is 23.2 Å². The number of hydrogen-bond acceptors (Lipinski definition) is 7. The van der Waals surface area contributed by atoms with E-state index in [0.717, 1.165) is 18.8 Å². The minimum Gasteiger partial charge on any atom is -0.497 e. The van der Waals surface area contributed by atoms with Crippen molar-refractivity contribution < 1.29 is 33.4 Å². The highest BCUT2D eigenvalue weighted by Gasteiger charge is 2.48. The average molecular weight is 558 g/mol. The third kappa shape index (κ3) is 6.83. The lowest BCUT2D eigenvalue weighted by Gasteiger charge is -2.24. The van der Waals surface area contributed by atoms with Crippen molar-refractivity contribution in [1.29, 1.82) is 0 Å². The van der Waals surface area contributed by atoms with Gasteiger partial charge in [-0.3, -0.25) is 9.59 Å². The van der Waals surface area contributed by atoms with E-state index in [1.54, 1.807) is 18.2 Å². The van der Waals surface area contributed by atoms with Gasteiger partial charge in [0.1, 0.15) is 36.3 Å². The number of likely N-dealkylation sites (tertiary alicyclic amines) is 1. The van der Waals surface area contributed by atoms with Gasteiger partial charge in [0.05, 0.1) is 24.7 Å². The number of rotatable bonds is 13. The monoisotopic (exact) mass is 557 g/mol. The van der Waals surface area contributed by atoms with Crippen molar-refractivity contribution in [2.45, 2.75) is 70.2 Å². The molecule has 1 aliphatic carbocycles. The van der Waals surface area contributed by atoms with Crippen LogP contribution in [0.3, 0.4) is 0 Å². The Morgan fingerprint density at radius 1 is 1.25 bits per heavy atom. The third-order valence-electron chi connectivity index (χ3n) is 7.63. The van der Waals surface area contributed by atoms with Crippen LogP contribution in [0.2, 0.25) is 0 Å². The first-order valence-corrected chi connectivity index (χ1v) is 13.7. The molecule has 2 fully saturated rings.